The zero-order valence-corrected chi connectivity index (χ0v) is 19.6. The Bertz CT molecular complexity index is 1440. The Hall–Kier alpha value is -4.41. The SMILES string of the molecule is CC(C)(C)C(=O)Nc1cn2nccc(Oc3cccc(NC(=O)c4cccc(C(F)(F)F)c4)c3)c2n1. The van der Waals surface area contributed by atoms with Crippen LogP contribution in [0.5, 0.6) is 11.5 Å². The summed E-state index contributed by atoms with van der Waals surface area (Å²) >= 11 is 0. The monoisotopic (exact) mass is 497 g/mol. The minimum Gasteiger partial charge on any atom is -0.453 e. The third-order valence-corrected chi connectivity index (χ3v) is 5.02. The predicted molar refractivity (Wildman–Crippen MR) is 127 cm³/mol. The second kappa shape index (κ2) is 9.33. The highest BCUT2D eigenvalue weighted by atomic mass is 19.4. The number of nitrogens with one attached hydrogen (secondary N) is 2. The van der Waals surface area contributed by atoms with Gasteiger partial charge in [0.25, 0.3) is 5.91 Å². The molecule has 2 N–H and O–H groups in total. The quantitative estimate of drug-likeness (QED) is 0.364. The number of hydrogen-bond donors (Lipinski definition) is 2. The average molecular weight is 497 g/mol. The molecule has 11 heteroatoms. The van der Waals surface area contributed by atoms with E-state index in [1.807, 2.05) is 0 Å². The molecule has 4 aromatic rings. The Morgan fingerprint density at radius 1 is 0.972 bits per heavy atom. The molecule has 0 bridgehead atoms. The summed E-state index contributed by atoms with van der Waals surface area (Å²) in [5, 5.41) is 9.48. The molecule has 8 nitrogen and oxygen atoms in total. The molecule has 0 saturated carbocycles. The molecule has 0 aliphatic rings. The number of aromatic nitrogens is 3. The van der Waals surface area contributed by atoms with Crippen molar-refractivity contribution in [2.75, 3.05) is 10.6 Å². The number of anilines is 2. The number of nitrogens with zero attached hydrogens (tertiary/aromatic N) is 3. The molecule has 36 heavy (non-hydrogen) atoms. The van der Waals surface area contributed by atoms with Crippen LogP contribution in [0.2, 0.25) is 0 Å². The lowest BCUT2D eigenvalue weighted by Crippen LogP contribution is -2.27. The first-order valence-corrected chi connectivity index (χ1v) is 10.8. The molecule has 0 unspecified atom stereocenters. The van der Waals surface area contributed by atoms with Gasteiger partial charge in [-0.05, 0) is 30.3 Å². The zero-order chi connectivity index (χ0) is 26.1. The average Bonchev–Trinajstić information content (AvgIpc) is 3.22. The van der Waals surface area contributed by atoms with Crippen molar-refractivity contribution in [2.45, 2.75) is 26.9 Å². The molecular formula is C25H22F3N5O3. The van der Waals surface area contributed by atoms with E-state index in [-0.39, 0.29) is 11.5 Å². The van der Waals surface area contributed by atoms with Crippen LogP contribution in [0.25, 0.3) is 5.65 Å². The number of imidazole rings is 1. The second-order valence-corrected chi connectivity index (χ2v) is 8.96. The summed E-state index contributed by atoms with van der Waals surface area (Å²) in [6.45, 7) is 5.34. The zero-order valence-electron chi connectivity index (χ0n) is 19.6. The van der Waals surface area contributed by atoms with Gasteiger partial charge in [-0.3, -0.25) is 9.59 Å². The molecule has 4 rings (SSSR count). The standard InChI is InChI=1S/C25H22F3N5O3/c1-24(2,3)23(35)32-20-14-33-21(31-20)19(10-11-29-33)36-18-9-5-8-17(13-18)30-22(34)15-6-4-7-16(12-15)25(26,27)28/h4-14H,1-3H3,(H,30,34)(H,32,35). The Balaban J connectivity index is 1.52. The Morgan fingerprint density at radius 2 is 1.72 bits per heavy atom. The van der Waals surface area contributed by atoms with Crippen LogP contribution < -0.4 is 15.4 Å². The lowest BCUT2D eigenvalue weighted by atomic mass is 9.96. The first-order chi connectivity index (χ1) is 16.9. The highest BCUT2D eigenvalue weighted by Gasteiger charge is 2.31. The first kappa shape index (κ1) is 24.7. The molecule has 0 aliphatic heterocycles. The van der Waals surface area contributed by atoms with E-state index in [0.29, 0.717) is 28.7 Å². The fraction of sp³-hybridized carbons (Fsp3) is 0.200. The largest absolute Gasteiger partial charge is 0.453 e. The molecule has 0 fully saturated rings. The van der Waals surface area contributed by atoms with Gasteiger partial charge in [0, 0.05) is 28.8 Å². The second-order valence-electron chi connectivity index (χ2n) is 8.96. The number of carbonyl (C=O) groups is 2. The fourth-order valence-electron chi connectivity index (χ4n) is 3.12. The van der Waals surface area contributed by atoms with Crippen molar-refractivity contribution >= 4 is 29.0 Å². The molecular weight excluding hydrogens is 475 g/mol. The minimum atomic E-state index is -4.55. The summed E-state index contributed by atoms with van der Waals surface area (Å²) < 4.78 is 46.3. The van der Waals surface area contributed by atoms with Crippen molar-refractivity contribution in [1.82, 2.24) is 14.6 Å². The van der Waals surface area contributed by atoms with Gasteiger partial charge in [-0.2, -0.15) is 18.3 Å². The van der Waals surface area contributed by atoms with E-state index in [4.69, 9.17) is 4.74 Å². The van der Waals surface area contributed by atoms with Crippen LogP contribution in [-0.2, 0) is 11.0 Å². The molecule has 0 radical (unpaired) electrons. The topological polar surface area (TPSA) is 97.6 Å². The van der Waals surface area contributed by atoms with Gasteiger partial charge in [0.05, 0.1) is 18.0 Å². The number of amides is 2. The highest BCUT2D eigenvalue weighted by Crippen LogP contribution is 2.31. The van der Waals surface area contributed by atoms with Crippen molar-refractivity contribution < 1.29 is 27.5 Å². The lowest BCUT2D eigenvalue weighted by molar-refractivity contribution is -0.137. The molecule has 2 heterocycles. The van der Waals surface area contributed by atoms with E-state index < -0.39 is 23.1 Å². The van der Waals surface area contributed by atoms with Crippen molar-refractivity contribution in [3.05, 3.63) is 78.1 Å². The maximum absolute atomic E-state index is 13.0. The minimum absolute atomic E-state index is 0.130. The number of ether oxygens (including phenoxy) is 1. The van der Waals surface area contributed by atoms with Crippen molar-refractivity contribution in [2.24, 2.45) is 5.41 Å². The first-order valence-electron chi connectivity index (χ1n) is 10.8. The maximum atomic E-state index is 13.0. The Kier molecular flexibility index (Phi) is 6.40. The number of fused-ring (bicyclic) bond motifs is 1. The molecule has 2 aromatic carbocycles. The summed E-state index contributed by atoms with van der Waals surface area (Å²) in [5.74, 6) is 0.0750. The third kappa shape index (κ3) is 5.62. The van der Waals surface area contributed by atoms with Crippen LogP contribution in [0.3, 0.4) is 0 Å². The van der Waals surface area contributed by atoms with Gasteiger partial charge >= 0.3 is 6.18 Å². The van der Waals surface area contributed by atoms with Crippen LogP contribution in [0.1, 0.15) is 36.7 Å². The van der Waals surface area contributed by atoms with E-state index in [1.54, 1.807) is 51.2 Å². The van der Waals surface area contributed by atoms with Crippen LogP contribution in [0.4, 0.5) is 24.7 Å². The Labute approximate surface area is 204 Å². The van der Waals surface area contributed by atoms with E-state index in [9.17, 15) is 22.8 Å². The normalized spacial score (nSPS) is 11.8. The highest BCUT2D eigenvalue weighted by molar-refractivity contribution is 6.04. The summed E-state index contributed by atoms with van der Waals surface area (Å²) in [5.41, 5.74) is -0.982. The molecule has 0 spiro atoms. The van der Waals surface area contributed by atoms with Gasteiger partial charge in [0.1, 0.15) is 5.75 Å². The van der Waals surface area contributed by atoms with Gasteiger partial charge in [-0.1, -0.05) is 32.9 Å². The number of carbonyl (C=O) groups excluding carboxylic acids is 2. The van der Waals surface area contributed by atoms with Gasteiger partial charge < -0.3 is 15.4 Å². The summed E-state index contributed by atoms with van der Waals surface area (Å²) in [7, 11) is 0. The van der Waals surface area contributed by atoms with Gasteiger partial charge in [0.2, 0.25) is 5.91 Å². The van der Waals surface area contributed by atoms with Crippen LogP contribution >= 0.6 is 0 Å². The van der Waals surface area contributed by atoms with Crippen molar-refractivity contribution in [3.63, 3.8) is 0 Å². The van der Waals surface area contributed by atoms with Crippen LogP contribution in [-0.4, -0.2) is 26.4 Å². The Morgan fingerprint density at radius 3 is 2.44 bits per heavy atom. The molecule has 0 aliphatic carbocycles. The van der Waals surface area contributed by atoms with Gasteiger partial charge in [-0.15, -0.1) is 0 Å². The van der Waals surface area contributed by atoms with E-state index in [0.717, 1.165) is 12.1 Å². The molecule has 0 saturated heterocycles. The number of alkyl halides is 3. The van der Waals surface area contributed by atoms with E-state index >= 15 is 0 Å². The maximum Gasteiger partial charge on any atom is 0.416 e. The molecule has 2 aromatic heterocycles. The molecule has 0 atom stereocenters. The summed E-state index contributed by atoms with van der Waals surface area (Å²) in [6.07, 6.45) is -1.50. The number of halogens is 3. The lowest BCUT2D eigenvalue weighted by Gasteiger charge is -2.15. The predicted octanol–water partition coefficient (Wildman–Crippen LogP) is 5.78. The smallest absolute Gasteiger partial charge is 0.416 e. The molecule has 186 valence electrons. The van der Waals surface area contributed by atoms with Crippen LogP contribution in [0.15, 0.2) is 67.0 Å². The molecule has 2 amide bonds. The number of hydrogen-bond acceptors (Lipinski definition) is 5. The van der Waals surface area contributed by atoms with Gasteiger partial charge in [0.15, 0.2) is 17.2 Å². The van der Waals surface area contributed by atoms with E-state index in [1.165, 1.54) is 28.9 Å². The summed E-state index contributed by atoms with van der Waals surface area (Å²) in [4.78, 5) is 29.2. The van der Waals surface area contributed by atoms with Crippen molar-refractivity contribution in [1.29, 1.82) is 0 Å². The van der Waals surface area contributed by atoms with E-state index in [2.05, 4.69) is 20.7 Å². The van der Waals surface area contributed by atoms with Crippen molar-refractivity contribution in [3.8, 4) is 11.5 Å². The number of rotatable bonds is 5. The fourth-order valence-corrected chi connectivity index (χ4v) is 3.12. The van der Waals surface area contributed by atoms with Crippen LogP contribution in [0, 0.1) is 5.41 Å². The van der Waals surface area contributed by atoms with Gasteiger partial charge in [-0.25, -0.2) is 9.50 Å². The summed E-state index contributed by atoms with van der Waals surface area (Å²) in [6, 6.07) is 12.1. The third-order valence-electron chi connectivity index (χ3n) is 5.02. The number of benzene rings is 2.